The third kappa shape index (κ3) is 4.45. The van der Waals surface area contributed by atoms with Gasteiger partial charge in [-0.2, -0.15) is 0 Å². The average molecular weight is 233 g/mol. The van der Waals surface area contributed by atoms with Crippen LogP contribution in [0.25, 0.3) is 0 Å². The number of likely N-dealkylation sites (tertiary alicyclic amines) is 1. The molecule has 0 N–H and O–H groups in total. The van der Waals surface area contributed by atoms with Crippen LogP contribution in [0.2, 0.25) is 0 Å². The zero-order chi connectivity index (χ0) is 12.3. The molecule has 1 fully saturated rings. The van der Waals surface area contributed by atoms with Gasteiger partial charge >= 0.3 is 0 Å². The summed E-state index contributed by atoms with van der Waals surface area (Å²) in [6.45, 7) is 6.51. The lowest BCUT2D eigenvalue weighted by Crippen LogP contribution is -2.42. The first-order chi connectivity index (χ1) is 7.28. The van der Waals surface area contributed by atoms with Gasteiger partial charge in [0.2, 0.25) is 11.8 Å². The Bertz CT molecular complexity index is 240. The van der Waals surface area contributed by atoms with Crippen molar-refractivity contribution < 1.29 is 13.6 Å². The first-order valence-electron chi connectivity index (χ1n) is 5.93. The number of halogens is 2. The molecule has 0 bridgehead atoms. The van der Waals surface area contributed by atoms with E-state index < -0.39 is 5.92 Å². The Hall–Kier alpha value is -0.670. The van der Waals surface area contributed by atoms with E-state index in [1.807, 2.05) is 0 Å². The van der Waals surface area contributed by atoms with Gasteiger partial charge in [0.15, 0.2) is 0 Å². The SMILES string of the molecule is CC1CC(C)CN(C(=O)CCC(C)(F)F)C1. The van der Waals surface area contributed by atoms with E-state index in [2.05, 4.69) is 13.8 Å². The molecule has 1 aliphatic rings. The van der Waals surface area contributed by atoms with Gasteiger partial charge in [0.1, 0.15) is 0 Å². The molecule has 16 heavy (non-hydrogen) atoms. The van der Waals surface area contributed by atoms with Crippen LogP contribution in [0.3, 0.4) is 0 Å². The minimum absolute atomic E-state index is 0.0388. The van der Waals surface area contributed by atoms with Gasteiger partial charge in [0.25, 0.3) is 0 Å². The summed E-state index contributed by atoms with van der Waals surface area (Å²) in [4.78, 5) is 13.5. The lowest BCUT2D eigenvalue weighted by Gasteiger charge is -2.35. The van der Waals surface area contributed by atoms with E-state index in [0.717, 1.165) is 26.4 Å². The number of carbonyl (C=O) groups excluding carboxylic acids is 1. The molecule has 1 rings (SSSR count). The second-order valence-electron chi connectivity index (χ2n) is 5.31. The van der Waals surface area contributed by atoms with E-state index in [1.165, 1.54) is 0 Å². The van der Waals surface area contributed by atoms with Crippen LogP contribution in [0.4, 0.5) is 8.78 Å². The lowest BCUT2D eigenvalue weighted by molar-refractivity contribution is -0.135. The maximum Gasteiger partial charge on any atom is 0.245 e. The molecular weight excluding hydrogens is 212 g/mol. The Balaban J connectivity index is 2.41. The van der Waals surface area contributed by atoms with Crippen LogP contribution in [0.15, 0.2) is 0 Å². The van der Waals surface area contributed by atoms with Crippen molar-refractivity contribution in [1.82, 2.24) is 4.90 Å². The molecule has 1 saturated heterocycles. The molecule has 0 spiro atoms. The summed E-state index contributed by atoms with van der Waals surface area (Å²) in [6.07, 6.45) is 0.738. The molecule has 94 valence electrons. The van der Waals surface area contributed by atoms with Crippen molar-refractivity contribution in [3.63, 3.8) is 0 Å². The normalized spacial score (nSPS) is 26.9. The van der Waals surface area contributed by atoms with Gasteiger partial charge < -0.3 is 4.90 Å². The predicted octanol–water partition coefficient (Wildman–Crippen LogP) is 2.93. The third-order valence-corrected chi connectivity index (χ3v) is 3.00. The smallest absolute Gasteiger partial charge is 0.245 e. The fourth-order valence-corrected chi connectivity index (χ4v) is 2.35. The van der Waals surface area contributed by atoms with Crippen LogP contribution in [0, 0.1) is 11.8 Å². The number of hydrogen-bond acceptors (Lipinski definition) is 1. The van der Waals surface area contributed by atoms with Crippen molar-refractivity contribution in [1.29, 1.82) is 0 Å². The van der Waals surface area contributed by atoms with Crippen LogP contribution in [-0.4, -0.2) is 29.8 Å². The number of carbonyl (C=O) groups is 1. The van der Waals surface area contributed by atoms with Crippen LogP contribution in [0.5, 0.6) is 0 Å². The van der Waals surface area contributed by atoms with Gasteiger partial charge in [-0.1, -0.05) is 13.8 Å². The first kappa shape index (κ1) is 13.4. The molecule has 1 heterocycles. The first-order valence-corrected chi connectivity index (χ1v) is 5.93. The number of amides is 1. The summed E-state index contributed by atoms with van der Waals surface area (Å²) >= 11 is 0. The summed E-state index contributed by atoms with van der Waals surface area (Å²) < 4.78 is 25.3. The lowest BCUT2D eigenvalue weighted by atomic mass is 9.91. The summed E-state index contributed by atoms with van der Waals surface area (Å²) in [7, 11) is 0. The third-order valence-electron chi connectivity index (χ3n) is 3.00. The number of nitrogens with zero attached hydrogens (tertiary/aromatic N) is 1. The number of piperidine rings is 1. The van der Waals surface area contributed by atoms with Gasteiger partial charge in [-0.3, -0.25) is 4.79 Å². The monoisotopic (exact) mass is 233 g/mol. The fraction of sp³-hybridized carbons (Fsp3) is 0.917. The van der Waals surface area contributed by atoms with Gasteiger partial charge in [-0.25, -0.2) is 8.78 Å². The van der Waals surface area contributed by atoms with Gasteiger partial charge in [0, 0.05) is 25.9 Å². The Morgan fingerprint density at radius 3 is 2.25 bits per heavy atom. The summed E-state index contributed by atoms with van der Waals surface area (Å²) in [6, 6.07) is 0. The minimum Gasteiger partial charge on any atom is -0.342 e. The van der Waals surface area contributed by atoms with Crippen molar-refractivity contribution in [3.05, 3.63) is 0 Å². The van der Waals surface area contributed by atoms with Crippen LogP contribution in [-0.2, 0) is 4.79 Å². The molecule has 2 nitrogen and oxygen atoms in total. The van der Waals surface area contributed by atoms with Crippen LogP contribution < -0.4 is 0 Å². The number of alkyl halides is 2. The highest BCUT2D eigenvalue weighted by atomic mass is 19.3. The summed E-state index contributed by atoms with van der Waals surface area (Å²) in [5.41, 5.74) is 0. The van der Waals surface area contributed by atoms with E-state index in [1.54, 1.807) is 4.90 Å². The van der Waals surface area contributed by atoms with Crippen LogP contribution >= 0.6 is 0 Å². The van der Waals surface area contributed by atoms with Gasteiger partial charge in [-0.05, 0) is 25.2 Å². The topological polar surface area (TPSA) is 20.3 Å². The molecule has 0 saturated carbocycles. The number of hydrogen-bond donors (Lipinski definition) is 0. The highest BCUT2D eigenvalue weighted by molar-refractivity contribution is 5.76. The molecule has 1 amide bonds. The summed E-state index contributed by atoms with van der Waals surface area (Å²) in [5, 5.41) is 0. The maximum atomic E-state index is 12.6. The highest BCUT2D eigenvalue weighted by Gasteiger charge is 2.28. The Morgan fingerprint density at radius 1 is 1.31 bits per heavy atom. The zero-order valence-corrected chi connectivity index (χ0v) is 10.3. The van der Waals surface area contributed by atoms with Crippen molar-refractivity contribution in [2.45, 2.75) is 46.0 Å². The zero-order valence-electron chi connectivity index (χ0n) is 10.3. The van der Waals surface area contributed by atoms with Gasteiger partial charge in [-0.15, -0.1) is 0 Å². The van der Waals surface area contributed by atoms with E-state index >= 15 is 0 Å². The fourth-order valence-electron chi connectivity index (χ4n) is 2.35. The van der Waals surface area contributed by atoms with E-state index in [-0.39, 0.29) is 18.7 Å². The second-order valence-corrected chi connectivity index (χ2v) is 5.31. The molecule has 0 radical (unpaired) electrons. The molecule has 0 aromatic heterocycles. The standard InChI is InChI=1S/C12H21F2NO/c1-9-6-10(2)8-15(7-9)11(16)4-5-12(3,13)14/h9-10H,4-8H2,1-3H3. The summed E-state index contributed by atoms with van der Waals surface area (Å²) in [5.74, 6) is -1.90. The number of rotatable bonds is 3. The van der Waals surface area contributed by atoms with E-state index in [4.69, 9.17) is 0 Å². The van der Waals surface area contributed by atoms with Crippen molar-refractivity contribution >= 4 is 5.91 Å². The van der Waals surface area contributed by atoms with Crippen LogP contribution in [0.1, 0.15) is 40.0 Å². The van der Waals surface area contributed by atoms with Crippen molar-refractivity contribution in [2.75, 3.05) is 13.1 Å². The van der Waals surface area contributed by atoms with Crippen molar-refractivity contribution in [3.8, 4) is 0 Å². The molecule has 4 heteroatoms. The molecule has 1 aliphatic heterocycles. The predicted molar refractivity (Wildman–Crippen MR) is 59.4 cm³/mol. The highest BCUT2D eigenvalue weighted by Crippen LogP contribution is 2.24. The molecule has 0 aromatic rings. The molecule has 2 atom stereocenters. The maximum absolute atomic E-state index is 12.6. The Labute approximate surface area is 96.0 Å². The largest absolute Gasteiger partial charge is 0.342 e. The molecule has 0 aromatic carbocycles. The molecule has 2 unspecified atom stereocenters. The quantitative estimate of drug-likeness (QED) is 0.734. The Morgan fingerprint density at radius 2 is 1.81 bits per heavy atom. The Kier molecular flexibility index (Phi) is 4.28. The molecule has 0 aliphatic carbocycles. The average Bonchev–Trinajstić information content (AvgIpc) is 2.11. The van der Waals surface area contributed by atoms with Gasteiger partial charge in [0.05, 0.1) is 0 Å². The minimum atomic E-state index is -2.73. The van der Waals surface area contributed by atoms with Crippen molar-refractivity contribution in [2.24, 2.45) is 11.8 Å². The second kappa shape index (κ2) is 5.11. The van der Waals surface area contributed by atoms with E-state index in [0.29, 0.717) is 11.8 Å². The molecular formula is C12H21F2NO. The van der Waals surface area contributed by atoms with E-state index in [9.17, 15) is 13.6 Å².